The van der Waals surface area contributed by atoms with Crippen molar-refractivity contribution in [2.24, 2.45) is 0 Å². The molecule has 10 nitrogen and oxygen atoms in total. The van der Waals surface area contributed by atoms with E-state index in [0.717, 1.165) is 76.3 Å². The number of likely N-dealkylation sites (tertiary alicyclic amines) is 1. The Labute approximate surface area is 237 Å². The smallest absolute Gasteiger partial charge is 0.227 e. The van der Waals surface area contributed by atoms with Gasteiger partial charge in [-0.05, 0) is 67.8 Å². The molecule has 214 valence electrons. The average molecular weight is 549 g/mol. The van der Waals surface area contributed by atoms with Gasteiger partial charge in [-0.2, -0.15) is 5.26 Å². The minimum atomic E-state index is -0.397. The van der Waals surface area contributed by atoms with Crippen molar-refractivity contribution in [1.29, 1.82) is 5.26 Å². The number of nitriles is 1. The largest absolute Gasteiger partial charge is 0.489 e. The van der Waals surface area contributed by atoms with Crippen molar-refractivity contribution >= 4 is 17.3 Å². The van der Waals surface area contributed by atoms with Gasteiger partial charge in [0.25, 0.3) is 0 Å². The Hall–Kier alpha value is -3.75. The zero-order chi connectivity index (χ0) is 28.3. The molecule has 1 atom stereocenters. The Balaban J connectivity index is 0.00000151. The van der Waals surface area contributed by atoms with Crippen LogP contribution in [-0.2, 0) is 4.74 Å². The zero-order valence-electron chi connectivity index (χ0n) is 23.2. The molecule has 0 spiro atoms. The highest BCUT2D eigenvalue weighted by Crippen LogP contribution is 2.29. The first-order valence-corrected chi connectivity index (χ1v) is 13.7. The highest BCUT2D eigenvalue weighted by atomic mass is 16.5. The van der Waals surface area contributed by atoms with Crippen LogP contribution in [0.3, 0.4) is 0 Å². The second-order valence-electron chi connectivity index (χ2n) is 9.60. The van der Waals surface area contributed by atoms with E-state index in [-0.39, 0.29) is 7.53 Å². The van der Waals surface area contributed by atoms with Crippen LogP contribution < -0.4 is 15.0 Å². The van der Waals surface area contributed by atoms with Crippen LogP contribution in [0.2, 0.25) is 0 Å². The van der Waals surface area contributed by atoms with E-state index >= 15 is 0 Å². The van der Waals surface area contributed by atoms with Crippen LogP contribution in [-0.4, -0.2) is 83.9 Å². The summed E-state index contributed by atoms with van der Waals surface area (Å²) in [6.45, 7) is 6.85. The van der Waals surface area contributed by atoms with Gasteiger partial charge < -0.3 is 29.9 Å². The van der Waals surface area contributed by atoms with Crippen molar-refractivity contribution in [2.75, 3.05) is 56.7 Å². The molecule has 0 bridgehead atoms. The number of morpholine rings is 1. The topological polar surface area (TPSA) is 127 Å². The molecule has 10 heteroatoms. The lowest BCUT2D eigenvalue weighted by Gasteiger charge is -2.34. The van der Waals surface area contributed by atoms with E-state index < -0.39 is 6.23 Å². The maximum absolute atomic E-state index is 10.1. The van der Waals surface area contributed by atoms with Crippen molar-refractivity contribution in [3.63, 3.8) is 0 Å². The Morgan fingerprint density at radius 2 is 1.82 bits per heavy atom. The van der Waals surface area contributed by atoms with Crippen LogP contribution in [0, 0.1) is 11.3 Å². The first kappa shape index (κ1) is 29.2. The van der Waals surface area contributed by atoms with Crippen LogP contribution in [0.1, 0.15) is 33.2 Å². The van der Waals surface area contributed by atoms with Gasteiger partial charge in [-0.1, -0.05) is 6.92 Å². The van der Waals surface area contributed by atoms with Crippen molar-refractivity contribution in [3.05, 3.63) is 60.3 Å². The van der Waals surface area contributed by atoms with Gasteiger partial charge in [-0.3, -0.25) is 4.90 Å². The number of anilines is 3. The molecule has 2 aliphatic heterocycles. The molecule has 1 aromatic heterocycles. The molecule has 2 fully saturated rings. The zero-order valence-corrected chi connectivity index (χ0v) is 23.2. The first-order chi connectivity index (χ1) is 19.6. The van der Waals surface area contributed by atoms with E-state index in [9.17, 15) is 10.4 Å². The fourth-order valence-electron chi connectivity index (χ4n) is 4.89. The molecule has 40 heavy (non-hydrogen) atoms. The highest BCUT2D eigenvalue weighted by Gasteiger charge is 2.24. The maximum atomic E-state index is 10.1. The minimum Gasteiger partial charge on any atom is -0.489 e. The number of benzene rings is 2. The third-order valence-corrected chi connectivity index (χ3v) is 7.11. The molecule has 2 aromatic carbocycles. The third kappa shape index (κ3) is 7.46. The molecule has 2 saturated heterocycles. The molecular weight excluding hydrogens is 508 g/mol. The lowest BCUT2D eigenvalue weighted by Crippen LogP contribution is -2.43. The Morgan fingerprint density at radius 1 is 1.10 bits per heavy atom. The number of nitrogens with zero attached hydrogens (tertiary/aromatic N) is 5. The second-order valence-corrected chi connectivity index (χ2v) is 9.60. The fourth-order valence-corrected chi connectivity index (χ4v) is 4.89. The molecule has 3 heterocycles. The van der Waals surface area contributed by atoms with Gasteiger partial charge in [0.2, 0.25) is 5.95 Å². The Bertz CT molecular complexity index is 1260. The summed E-state index contributed by atoms with van der Waals surface area (Å²) < 4.78 is 11.6. The van der Waals surface area contributed by atoms with Crippen molar-refractivity contribution < 1.29 is 21.1 Å². The second kappa shape index (κ2) is 14.6. The molecule has 0 aliphatic carbocycles. The molecule has 5 rings (SSSR count). The van der Waals surface area contributed by atoms with Crippen molar-refractivity contribution in [1.82, 2.24) is 14.9 Å². The number of ether oxygens (including phenoxy) is 2. The molecule has 0 saturated carbocycles. The number of hydrogen-bond acceptors (Lipinski definition) is 10. The van der Waals surface area contributed by atoms with Gasteiger partial charge in [0, 0.05) is 57.9 Å². The highest BCUT2D eigenvalue weighted by molar-refractivity contribution is 5.66. The summed E-state index contributed by atoms with van der Waals surface area (Å²) in [7, 11) is 1.00. The van der Waals surface area contributed by atoms with E-state index in [0.29, 0.717) is 23.7 Å². The summed E-state index contributed by atoms with van der Waals surface area (Å²) in [4.78, 5) is 13.4. The summed E-state index contributed by atoms with van der Waals surface area (Å²) in [5.41, 5.74) is 4.09. The number of rotatable bonds is 8. The minimum absolute atomic E-state index is 0. The summed E-state index contributed by atoms with van der Waals surface area (Å²) in [6.07, 6.45) is 3.69. The van der Waals surface area contributed by atoms with E-state index in [1.54, 1.807) is 6.20 Å². The quantitative estimate of drug-likeness (QED) is 0.380. The monoisotopic (exact) mass is 548 g/mol. The molecule has 2 aliphatic rings. The maximum Gasteiger partial charge on any atom is 0.227 e. The number of nitrogens with one attached hydrogen (secondary N) is 1. The summed E-state index contributed by atoms with van der Waals surface area (Å²) >= 11 is 0. The van der Waals surface area contributed by atoms with Crippen LogP contribution in [0.4, 0.5) is 17.3 Å². The van der Waals surface area contributed by atoms with Gasteiger partial charge in [0.1, 0.15) is 24.2 Å². The molecule has 0 radical (unpaired) electrons. The van der Waals surface area contributed by atoms with E-state index in [2.05, 4.69) is 43.3 Å². The number of hydrogen-bond donors (Lipinski definition) is 3. The van der Waals surface area contributed by atoms with Crippen molar-refractivity contribution in [2.45, 2.75) is 38.5 Å². The van der Waals surface area contributed by atoms with Crippen LogP contribution in [0.15, 0.2) is 54.7 Å². The lowest BCUT2D eigenvalue weighted by molar-refractivity contribution is -0.0297. The van der Waals surface area contributed by atoms with Gasteiger partial charge in [0.05, 0.1) is 24.5 Å². The molecule has 3 aromatic rings. The summed E-state index contributed by atoms with van der Waals surface area (Å²) in [5, 5.41) is 30.1. The van der Waals surface area contributed by atoms with Gasteiger partial charge >= 0.3 is 0 Å². The standard InChI is InChI=1S/C29H34N6O3.CH4O.H2/c1-2-28(36)35-13-10-25(11-14-35)38-27-8-3-21(19-22(27)20-30)26-9-12-31-29(33-26)32-23-4-6-24(7-5-23)34-15-17-37-18-16-34;1-2;/h3-9,12,19,25,28,36H,2,10-11,13-18H2,1H3,(H,31,32,33);2H,1H3;1H. The van der Waals surface area contributed by atoms with E-state index in [4.69, 9.17) is 14.6 Å². The number of aromatic nitrogens is 2. The fraction of sp³-hybridized carbons (Fsp3) is 0.433. The van der Waals surface area contributed by atoms with Crippen molar-refractivity contribution in [3.8, 4) is 23.1 Å². The van der Waals surface area contributed by atoms with Crippen LogP contribution >= 0.6 is 0 Å². The summed E-state index contributed by atoms with van der Waals surface area (Å²) in [5.74, 6) is 1.07. The van der Waals surface area contributed by atoms with Crippen LogP contribution in [0.5, 0.6) is 5.75 Å². The predicted molar refractivity (Wildman–Crippen MR) is 157 cm³/mol. The summed E-state index contributed by atoms with van der Waals surface area (Å²) in [6, 6.07) is 17.9. The van der Waals surface area contributed by atoms with Crippen LogP contribution in [0.25, 0.3) is 11.3 Å². The van der Waals surface area contributed by atoms with Gasteiger partial charge in [0.15, 0.2) is 0 Å². The molecule has 0 amide bonds. The number of piperidine rings is 1. The third-order valence-electron chi connectivity index (χ3n) is 7.11. The number of aliphatic hydroxyl groups is 2. The SMILES string of the molecule is CCC(O)N1CCC(Oc2ccc(-c3ccnc(Nc4ccc(N5CCOCC5)cc4)n3)cc2C#N)CC1.CO.[HH]. The van der Waals surface area contributed by atoms with Gasteiger partial charge in [-0.25, -0.2) is 9.97 Å². The molecule has 3 N–H and O–H groups in total. The lowest BCUT2D eigenvalue weighted by atomic mass is 10.1. The first-order valence-electron chi connectivity index (χ1n) is 13.7. The van der Waals surface area contributed by atoms with Gasteiger partial charge in [-0.15, -0.1) is 0 Å². The average Bonchev–Trinajstić information content (AvgIpc) is 3.03. The number of aliphatic hydroxyl groups excluding tert-OH is 2. The van der Waals surface area contributed by atoms with E-state index in [1.165, 1.54) is 5.69 Å². The van der Waals surface area contributed by atoms with E-state index in [1.807, 2.05) is 43.3 Å². The predicted octanol–water partition coefficient (Wildman–Crippen LogP) is 4.02. The Kier molecular flexibility index (Phi) is 10.7. The molecular formula is C30H40N6O4. The molecule has 1 unspecified atom stereocenters. The normalized spacial score (nSPS) is 16.8. The Morgan fingerprint density at radius 3 is 2.50 bits per heavy atom.